The molecule has 0 radical (unpaired) electrons. The summed E-state index contributed by atoms with van der Waals surface area (Å²) in [5, 5.41) is 10.8. The lowest BCUT2D eigenvalue weighted by molar-refractivity contribution is -0.132. The smallest absolute Gasteiger partial charge is 0.229 e. The summed E-state index contributed by atoms with van der Waals surface area (Å²) in [6.45, 7) is 2.64. The number of carbonyl (C=O) groups excluding carboxylic acids is 1. The first-order valence-electron chi connectivity index (χ1n) is 10.2. The molecule has 0 spiro atoms. The highest BCUT2D eigenvalue weighted by Gasteiger charge is 2.39. The molecule has 4 rings (SSSR count). The van der Waals surface area contributed by atoms with E-state index in [1.807, 2.05) is 36.4 Å². The number of benzene rings is 2. The SMILES string of the molecule is COc1ccc([C@@H]2CC(=O)N3CN([C@H](C)c4ccccc4)CSC3=C2C#N)cc1OC. The van der Waals surface area contributed by atoms with E-state index in [1.165, 1.54) is 5.56 Å². The van der Waals surface area contributed by atoms with Gasteiger partial charge in [0.05, 0.1) is 43.4 Å². The molecule has 1 fully saturated rings. The van der Waals surface area contributed by atoms with Crippen LogP contribution in [-0.4, -0.2) is 42.5 Å². The Hall–Kier alpha value is -2.95. The summed E-state index contributed by atoms with van der Waals surface area (Å²) in [4.78, 5) is 17.2. The van der Waals surface area contributed by atoms with E-state index in [2.05, 4.69) is 30.0 Å². The molecule has 7 heteroatoms. The summed E-state index contributed by atoms with van der Waals surface area (Å²) in [6, 6.07) is 18.4. The topological polar surface area (TPSA) is 65.8 Å². The first-order chi connectivity index (χ1) is 15.1. The normalized spacial score (nSPS) is 20.1. The maximum Gasteiger partial charge on any atom is 0.229 e. The minimum Gasteiger partial charge on any atom is -0.493 e. The van der Waals surface area contributed by atoms with Crippen molar-refractivity contribution in [1.82, 2.24) is 9.80 Å². The van der Waals surface area contributed by atoms with Gasteiger partial charge in [-0.25, -0.2) is 0 Å². The first kappa shape index (κ1) is 21.3. The average molecular weight is 436 g/mol. The number of fused-ring (bicyclic) bond motifs is 1. The number of nitriles is 1. The van der Waals surface area contributed by atoms with Crippen LogP contribution in [0.15, 0.2) is 59.1 Å². The van der Waals surface area contributed by atoms with Crippen LogP contribution < -0.4 is 9.47 Å². The Morgan fingerprint density at radius 1 is 1.13 bits per heavy atom. The zero-order valence-electron chi connectivity index (χ0n) is 17.9. The number of hydrogen-bond donors (Lipinski definition) is 0. The molecule has 2 aliphatic heterocycles. The quantitative estimate of drug-likeness (QED) is 0.690. The van der Waals surface area contributed by atoms with Crippen molar-refractivity contribution in [3.05, 3.63) is 70.3 Å². The van der Waals surface area contributed by atoms with Crippen molar-refractivity contribution < 1.29 is 14.3 Å². The molecule has 2 aromatic rings. The highest BCUT2D eigenvalue weighted by Crippen LogP contribution is 2.45. The maximum atomic E-state index is 13.1. The summed E-state index contributed by atoms with van der Waals surface area (Å²) in [7, 11) is 3.17. The van der Waals surface area contributed by atoms with Gasteiger partial charge in [-0.2, -0.15) is 5.26 Å². The minimum absolute atomic E-state index is 0.0336. The predicted molar refractivity (Wildman–Crippen MR) is 120 cm³/mol. The fourth-order valence-electron chi connectivity index (χ4n) is 4.12. The molecule has 0 bridgehead atoms. The van der Waals surface area contributed by atoms with Crippen molar-refractivity contribution >= 4 is 17.7 Å². The minimum atomic E-state index is -0.283. The summed E-state index contributed by atoms with van der Waals surface area (Å²) in [6.07, 6.45) is 0.260. The van der Waals surface area contributed by atoms with E-state index in [-0.39, 0.29) is 24.3 Å². The molecule has 0 saturated carbocycles. The number of hydrogen-bond acceptors (Lipinski definition) is 6. The molecule has 0 aromatic heterocycles. The third-order valence-electron chi connectivity index (χ3n) is 5.95. The Bertz CT molecular complexity index is 1050. The number of allylic oxidation sites excluding steroid dienone is 1. The Morgan fingerprint density at radius 3 is 2.55 bits per heavy atom. The van der Waals surface area contributed by atoms with Crippen molar-refractivity contribution in [3.63, 3.8) is 0 Å². The fraction of sp³-hybridized carbons (Fsp3) is 0.333. The lowest BCUT2D eigenvalue weighted by Crippen LogP contribution is -2.47. The van der Waals surface area contributed by atoms with Gasteiger partial charge in [-0.15, -0.1) is 0 Å². The third kappa shape index (κ3) is 4.01. The van der Waals surface area contributed by atoms with Gasteiger partial charge in [0.1, 0.15) is 0 Å². The van der Waals surface area contributed by atoms with Crippen LogP contribution in [0.4, 0.5) is 0 Å². The third-order valence-corrected chi connectivity index (χ3v) is 7.13. The van der Waals surface area contributed by atoms with Crippen LogP contribution in [0.1, 0.15) is 36.4 Å². The molecular formula is C24H25N3O3S. The second-order valence-electron chi connectivity index (χ2n) is 7.61. The number of carbonyl (C=O) groups is 1. The van der Waals surface area contributed by atoms with Crippen molar-refractivity contribution in [2.45, 2.75) is 25.3 Å². The summed E-state index contributed by atoms with van der Waals surface area (Å²) >= 11 is 1.56. The average Bonchev–Trinajstić information content (AvgIpc) is 2.83. The first-order valence-corrected chi connectivity index (χ1v) is 11.1. The molecule has 6 nitrogen and oxygen atoms in total. The number of nitrogens with zero attached hydrogens (tertiary/aromatic N) is 3. The monoisotopic (exact) mass is 435 g/mol. The molecule has 0 unspecified atom stereocenters. The van der Waals surface area contributed by atoms with Gasteiger partial charge in [-0.05, 0) is 30.2 Å². The lowest BCUT2D eigenvalue weighted by atomic mass is 9.86. The molecule has 160 valence electrons. The van der Waals surface area contributed by atoms with Gasteiger partial charge in [0.2, 0.25) is 5.91 Å². The maximum absolute atomic E-state index is 13.1. The van der Waals surface area contributed by atoms with E-state index < -0.39 is 0 Å². The number of amides is 1. The molecule has 1 saturated heterocycles. The molecule has 2 atom stereocenters. The van der Waals surface area contributed by atoms with Gasteiger partial charge < -0.3 is 9.47 Å². The molecular weight excluding hydrogens is 410 g/mol. The molecule has 0 aliphatic carbocycles. The summed E-state index contributed by atoms with van der Waals surface area (Å²) < 4.78 is 10.7. The fourth-order valence-corrected chi connectivity index (χ4v) is 5.37. The second-order valence-corrected chi connectivity index (χ2v) is 8.55. The Balaban J connectivity index is 1.63. The largest absolute Gasteiger partial charge is 0.493 e. The van der Waals surface area contributed by atoms with Crippen molar-refractivity contribution in [2.24, 2.45) is 0 Å². The van der Waals surface area contributed by atoms with Crippen LogP contribution in [-0.2, 0) is 4.79 Å². The van der Waals surface area contributed by atoms with Crippen LogP contribution in [0.2, 0.25) is 0 Å². The zero-order chi connectivity index (χ0) is 22.0. The molecule has 2 aromatic carbocycles. The Labute approximate surface area is 187 Å². The van der Waals surface area contributed by atoms with Gasteiger partial charge in [-0.1, -0.05) is 48.2 Å². The Morgan fingerprint density at radius 2 is 1.87 bits per heavy atom. The number of methoxy groups -OCH3 is 2. The molecule has 0 N–H and O–H groups in total. The highest BCUT2D eigenvalue weighted by molar-refractivity contribution is 8.03. The summed E-state index contributed by atoms with van der Waals surface area (Å²) in [5.74, 6) is 1.69. The van der Waals surface area contributed by atoms with Crippen LogP contribution in [0.5, 0.6) is 11.5 Å². The van der Waals surface area contributed by atoms with Crippen molar-refractivity contribution in [3.8, 4) is 17.6 Å². The Kier molecular flexibility index (Phi) is 6.21. The van der Waals surface area contributed by atoms with Crippen LogP contribution in [0.25, 0.3) is 0 Å². The van der Waals surface area contributed by atoms with E-state index in [0.717, 1.165) is 16.5 Å². The van der Waals surface area contributed by atoms with Gasteiger partial charge >= 0.3 is 0 Å². The molecule has 2 aliphatic rings. The lowest BCUT2D eigenvalue weighted by Gasteiger charge is -2.43. The van der Waals surface area contributed by atoms with Crippen LogP contribution in [0, 0.1) is 11.3 Å². The molecule has 31 heavy (non-hydrogen) atoms. The van der Waals surface area contributed by atoms with E-state index >= 15 is 0 Å². The van der Waals surface area contributed by atoms with E-state index in [1.54, 1.807) is 30.9 Å². The molecule has 1 amide bonds. The highest BCUT2D eigenvalue weighted by atomic mass is 32.2. The van der Waals surface area contributed by atoms with Crippen molar-refractivity contribution in [1.29, 1.82) is 5.26 Å². The number of thioether (sulfide) groups is 1. The van der Waals surface area contributed by atoms with Crippen LogP contribution >= 0.6 is 11.8 Å². The van der Waals surface area contributed by atoms with Crippen LogP contribution in [0.3, 0.4) is 0 Å². The number of ether oxygens (including phenoxy) is 2. The summed E-state index contributed by atoms with van der Waals surface area (Å²) in [5.41, 5.74) is 2.74. The second kappa shape index (κ2) is 9.04. The van der Waals surface area contributed by atoms with E-state index in [0.29, 0.717) is 23.7 Å². The van der Waals surface area contributed by atoms with Gasteiger partial charge in [0.15, 0.2) is 11.5 Å². The standard InChI is InChI=1S/C24H25N3O3S/c1-16(17-7-5-4-6-8-17)26-14-27-23(28)12-19(20(13-25)24(27)31-15-26)18-9-10-21(29-2)22(11-18)30-3/h4-11,16,19H,12,14-15H2,1-3H3/t16-,19+/m1/s1. The van der Waals surface area contributed by atoms with Gasteiger partial charge in [0, 0.05) is 18.4 Å². The number of rotatable bonds is 5. The predicted octanol–water partition coefficient (Wildman–Crippen LogP) is 4.48. The van der Waals surface area contributed by atoms with E-state index in [9.17, 15) is 10.1 Å². The molecule has 2 heterocycles. The van der Waals surface area contributed by atoms with Crippen molar-refractivity contribution in [2.75, 3.05) is 26.8 Å². The zero-order valence-corrected chi connectivity index (χ0v) is 18.7. The van der Waals surface area contributed by atoms with Gasteiger partial charge in [-0.3, -0.25) is 14.6 Å². The van der Waals surface area contributed by atoms with E-state index in [4.69, 9.17) is 9.47 Å². The van der Waals surface area contributed by atoms with Gasteiger partial charge in [0.25, 0.3) is 0 Å².